The van der Waals surface area contributed by atoms with Gasteiger partial charge in [-0.05, 0) is 42.7 Å². The quantitative estimate of drug-likeness (QED) is 0.712. The molecule has 0 radical (unpaired) electrons. The normalized spacial score (nSPS) is 14.8. The first-order valence-electron chi connectivity index (χ1n) is 9.07. The second-order valence-electron chi connectivity index (χ2n) is 6.88. The highest BCUT2D eigenvalue weighted by Crippen LogP contribution is 2.20. The highest BCUT2D eigenvalue weighted by atomic mass is 32.1. The summed E-state index contributed by atoms with van der Waals surface area (Å²) in [5, 5.41) is 0. The molecular weight excluding hydrogens is 342 g/mol. The molecule has 1 aliphatic heterocycles. The van der Waals surface area contributed by atoms with Crippen LogP contribution >= 0.6 is 11.3 Å². The van der Waals surface area contributed by atoms with Gasteiger partial charge in [-0.25, -0.2) is 0 Å². The maximum absolute atomic E-state index is 12.5. The number of nitrogens with zero attached hydrogens (tertiary/aromatic N) is 3. The van der Waals surface area contributed by atoms with Gasteiger partial charge in [0, 0.05) is 60.0 Å². The van der Waals surface area contributed by atoms with E-state index in [-0.39, 0.29) is 5.56 Å². The van der Waals surface area contributed by atoms with E-state index in [0.29, 0.717) is 6.54 Å². The van der Waals surface area contributed by atoms with Crippen molar-refractivity contribution >= 4 is 11.3 Å². The molecule has 4 heterocycles. The number of thiophene rings is 1. The van der Waals surface area contributed by atoms with Gasteiger partial charge in [-0.1, -0.05) is 12.1 Å². The van der Waals surface area contributed by atoms with Crippen molar-refractivity contribution in [3.63, 3.8) is 0 Å². The summed E-state index contributed by atoms with van der Waals surface area (Å²) in [4.78, 5) is 22.0. The lowest BCUT2D eigenvalue weighted by atomic mass is 10.1. The molecule has 0 fully saturated rings. The molecule has 0 unspecified atom stereocenters. The molecule has 0 spiro atoms. The van der Waals surface area contributed by atoms with Crippen LogP contribution in [-0.4, -0.2) is 27.5 Å². The molecule has 0 amide bonds. The Balaban J connectivity index is 1.56. The first-order valence-corrected chi connectivity index (χ1v) is 9.89. The van der Waals surface area contributed by atoms with Gasteiger partial charge in [-0.15, -0.1) is 11.3 Å². The van der Waals surface area contributed by atoms with Crippen molar-refractivity contribution in [3.8, 4) is 0 Å². The molecular formula is C21H23N3OS. The molecule has 0 N–H and O–H groups in total. The molecule has 0 saturated heterocycles. The van der Waals surface area contributed by atoms with Crippen LogP contribution in [0.25, 0.3) is 0 Å². The monoisotopic (exact) mass is 365 g/mol. The first-order chi connectivity index (χ1) is 12.7. The maximum atomic E-state index is 12.5. The summed E-state index contributed by atoms with van der Waals surface area (Å²) >= 11 is 1.88. The van der Waals surface area contributed by atoms with E-state index in [0.717, 1.165) is 38.0 Å². The van der Waals surface area contributed by atoms with E-state index in [1.165, 1.54) is 21.0 Å². The predicted octanol–water partition coefficient (Wildman–Crippen LogP) is 3.26. The second kappa shape index (κ2) is 7.56. The fourth-order valence-electron chi connectivity index (χ4n) is 3.64. The Bertz CT molecular complexity index is 945. The zero-order valence-electron chi connectivity index (χ0n) is 15.0. The molecule has 26 heavy (non-hydrogen) atoms. The van der Waals surface area contributed by atoms with Crippen LogP contribution in [0.4, 0.5) is 0 Å². The van der Waals surface area contributed by atoms with Gasteiger partial charge in [0.15, 0.2) is 0 Å². The smallest absolute Gasteiger partial charge is 0.251 e. The fourth-order valence-corrected chi connectivity index (χ4v) is 4.57. The van der Waals surface area contributed by atoms with Crippen LogP contribution in [0.5, 0.6) is 0 Å². The van der Waals surface area contributed by atoms with Crippen LogP contribution in [0.15, 0.2) is 53.6 Å². The Morgan fingerprint density at radius 1 is 1.08 bits per heavy atom. The van der Waals surface area contributed by atoms with Crippen LogP contribution in [0.2, 0.25) is 0 Å². The van der Waals surface area contributed by atoms with E-state index in [4.69, 9.17) is 0 Å². The molecule has 0 bridgehead atoms. The predicted molar refractivity (Wildman–Crippen MR) is 106 cm³/mol. The van der Waals surface area contributed by atoms with Crippen molar-refractivity contribution in [2.45, 2.75) is 32.9 Å². The molecule has 4 nitrogen and oxygen atoms in total. The zero-order valence-corrected chi connectivity index (χ0v) is 15.8. The number of fused-ring (bicyclic) bond motifs is 1. The highest BCUT2D eigenvalue weighted by molar-refractivity contribution is 7.11. The van der Waals surface area contributed by atoms with Gasteiger partial charge in [-0.3, -0.25) is 14.7 Å². The van der Waals surface area contributed by atoms with Gasteiger partial charge >= 0.3 is 0 Å². The third-order valence-electron chi connectivity index (χ3n) is 4.99. The summed E-state index contributed by atoms with van der Waals surface area (Å²) in [7, 11) is 0. The van der Waals surface area contributed by atoms with Crippen molar-refractivity contribution in [2.75, 3.05) is 13.1 Å². The van der Waals surface area contributed by atoms with E-state index in [2.05, 4.69) is 28.9 Å². The highest BCUT2D eigenvalue weighted by Gasteiger charge is 2.18. The number of aryl methyl sites for hydroxylation is 1. The average molecular weight is 366 g/mol. The van der Waals surface area contributed by atoms with E-state index in [1.54, 1.807) is 12.3 Å². The lowest BCUT2D eigenvalue weighted by Gasteiger charge is -2.18. The molecule has 0 saturated carbocycles. The van der Waals surface area contributed by atoms with Gasteiger partial charge in [0.2, 0.25) is 0 Å². The molecule has 0 aliphatic carbocycles. The summed E-state index contributed by atoms with van der Waals surface area (Å²) in [5.74, 6) is 0. The maximum Gasteiger partial charge on any atom is 0.251 e. The topological polar surface area (TPSA) is 38.1 Å². The Labute approximate surface area is 157 Å². The Morgan fingerprint density at radius 3 is 2.73 bits per heavy atom. The number of hydrogen-bond acceptors (Lipinski definition) is 4. The van der Waals surface area contributed by atoms with Gasteiger partial charge in [-0.2, -0.15) is 0 Å². The van der Waals surface area contributed by atoms with Crippen molar-refractivity contribution < 1.29 is 0 Å². The van der Waals surface area contributed by atoms with Crippen LogP contribution in [-0.2, 0) is 25.9 Å². The van der Waals surface area contributed by atoms with Crippen LogP contribution in [0.3, 0.4) is 0 Å². The molecule has 0 atom stereocenters. The van der Waals surface area contributed by atoms with E-state index in [9.17, 15) is 4.79 Å². The Morgan fingerprint density at radius 2 is 1.96 bits per heavy atom. The van der Waals surface area contributed by atoms with Gasteiger partial charge in [0.05, 0.1) is 6.54 Å². The minimum atomic E-state index is 0.0786. The van der Waals surface area contributed by atoms with Gasteiger partial charge in [0.25, 0.3) is 5.56 Å². The summed E-state index contributed by atoms with van der Waals surface area (Å²) in [5.41, 5.74) is 3.64. The lowest BCUT2D eigenvalue weighted by molar-refractivity contribution is 0.281. The third kappa shape index (κ3) is 3.79. The summed E-state index contributed by atoms with van der Waals surface area (Å²) < 4.78 is 1.94. The minimum absolute atomic E-state index is 0.0786. The number of hydrogen-bond donors (Lipinski definition) is 0. The van der Waals surface area contributed by atoms with Gasteiger partial charge < -0.3 is 4.57 Å². The minimum Gasteiger partial charge on any atom is -0.308 e. The summed E-state index contributed by atoms with van der Waals surface area (Å²) in [6.45, 7) is 5.78. The van der Waals surface area contributed by atoms with Crippen molar-refractivity contribution in [2.24, 2.45) is 0 Å². The molecule has 3 aromatic rings. The Kier molecular flexibility index (Phi) is 5.00. The number of pyridine rings is 2. The van der Waals surface area contributed by atoms with Crippen LogP contribution < -0.4 is 5.56 Å². The molecule has 1 aliphatic rings. The largest absolute Gasteiger partial charge is 0.308 e. The van der Waals surface area contributed by atoms with E-state index < -0.39 is 0 Å². The SMILES string of the molecule is Cc1ccc(CN2CCc3ccc(=O)n(Cc4cccnc4)c3CC2)s1. The standard InChI is InChI=1S/C21H23N3OS/c1-16-4-6-19(26-16)15-23-11-8-18-5-7-21(25)24(20(18)9-12-23)14-17-3-2-10-22-13-17/h2-7,10,13H,8-9,11-12,14-15H2,1H3. The summed E-state index contributed by atoms with van der Waals surface area (Å²) in [6, 6.07) is 12.1. The molecule has 0 aromatic carbocycles. The number of rotatable bonds is 4. The average Bonchev–Trinajstić information content (AvgIpc) is 2.94. The van der Waals surface area contributed by atoms with Crippen molar-refractivity contribution in [1.82, 2.24) is 14.5 Å². The van der Waals surface area contributed by atoms with Crippen molar-refractivity contribution in [1.29, 1.82) is 0 Å². The van der Waals surface area contributed by atoms with Gasteiger partial charge in [0.1, 0.15) is 0 Å². The summed E-state index contributed by atoms with van der Waals surface area (Å²) in [6.07, 6.45) is 5.51. The molecule has 3 aromatic heterocycles. The van der Waals surface area contributed by atoms with E-state index in [1.807, 2.05) is 40.3 Å². The number of aromatic nitrogens is 2. The third-order valence-corrected chi connectivity index (χ3v) is 5.98. The zero-order chi connectivity index (χ0) is 17.9. The van der Waals surface area contributed by atoms with Crippen molar-refractivity contribution in [3.05, 3.63) is 85.7 Å². The molecule has 134 valence electrons. The molecule has 5 heteroatoms. The van der Waals surface area contributed by atoms with Crippen LogP contribution in [0, 0.1) is 6.92 Å². The first kappa shape index (κ1) is 17.2. The van der Waals surface area contributed by atoms with E-state index >= 15 is 0 Å². The molecule has 4 rings (SSSR count). The second-order valence-corrected chi connectivity index (χ2v) is 8.25. The van der Waals surface area contributed by atoms with Crippen LogP contribution in [0.1, 0.15) is 26.6 Å². The fraction of sp³-hybridized carbons (Fsp3) is 0.333. The lowest BCUT2D eigenvalue weighted by Crippen LogP contribution is -2.27. The Hall–Kier alpha value is -2.24.